The number of rotatable bonds is 5. The number of anilines is 2. The van der Waals surface area contributed by atoms with E-state index < -0.39 is 25.9 Å². The van der Waals surface area contributed by atoms with Crippen LogP contribution in [-0.4, -0.2) is 42.1 Å². The van der Waals surface area contributed by atoms with E-state index in [1.165, 1.54) is 30.3 Å². The first-order valence-electron chi connectivity index (χ1n) is 8.81. The van der Waals surface area contributed by atoms with Crippen molar-refractivity contribution in [3.8, 4) is 0 Å². The molecule has 1 saturated heterocycles. The van der Waals surface area contributed by atoms with E-state index in [9.17, 15) is 21.2 Å². The highest BCUT2D eigenvalue weighted by atomic mass is 32.2. The molecule has 2 aromatic carbocycles. The van der Waals surface area contributed by atoms with Gasteiger partial charge in [0.05, 0.1) is 33.4 Å². The van der Waals surface area contributed by atoms with Gasteiger partial charge in [0.25, 0.3) is 10.0 Å². The first-order chi connectivity index (χ1) is 13.5. The van der Waals surface area contributed by atoms with Crippen LogP contribution < -0.4 is 14.8 Å². The molecule has 3 N–H and O–H groups in total. The molecule has 0 bridgehead atoms. The molecule has 1 aliphatic rings. The van der Waals surface area contributed by atoms with Crippen molar-refractivity contribution in [2.45, 2.75) is 35.8 Å². The van der Waals surface area contributed by atoms with Crippen LogP contribution in [0.3, 0.4) is 0 Å². The van der Waals surface area contributed by atoms with Crippen molar-refractivity contribution >= 4 is 31.4 Å². The van der Waals surface area contributed by atoms with E-state index in [1.54, 1.807) is 0 Å². The first kappa shape index (κ1) is 21.5. The molecule has 0 radical (unpaired) electrons. The summed E-state index contributed by atoms with van der Waals surface area (Å²) in [5.74, 6) is -0.579. The minimum Gasteiger partial charge on any atom is -0.372 e. The van der Waals surface area contributed by atoms with Crippen LogP contribution in [0.15, 0.2) is 52.3 Å². The number of benzene rings is 2. The summed E-state index contributed by atoms with van der Waals surface area (Å²) in [6.45, 7) is 4.84. The number of primary sulfonamides is 1. The Morgan fingerprint density at radius 2 is 1.66 bits per heavy atom. The lowest BCUT2D eigenvalue weighted by molar-refractivity contribution is -0.00539. The highest BCUT2D eigenvalue weighted by Crippen LogP contribution is 2.27. The summed E-state index contributed by atoms with van der Waals surface area (Å²) < 4.78 is 70.6. The number of ether oxygens (including phenoxy) is 1. The van der Waals surface area contributed by atoms with Crippen LogP contribution in [0.25, 0.3) is 0 Å². The Hall–Kier alpha value is -2.21. The third kappa shape index (κ3) is 5.04. The maximum atomic E-state index is 14.7. The van der Waals surface area contributed by atoms with Gasteiger partial charge in [0.15, 0.2) is 0 Å². The van der Waals surface area contributed by atoms with Crippen LogP contribution in [0, 0.1) is 5.82 Å². The molecule has 1 heterocycles. The average molecular weight is 444 g/mol. The van der Waals surface area contributed by atoms with Gasteiger partial charge in [0, 0.05) is 19.2 Å². The molecule has 2 atom stereocenters. The molecule has 0 aliphatic carbocycles. The van der Waals surface area contributed by atoms with Gasteiger partial charge in [-0.2, -0.15) is 0 Å². The predicted molar refractivity (Wildman–Crippen MR) is 107 cm³/mol. The highest BCUT2D eigenvalue weighted by Gasteiger charge is 2.25. The van der Waals surface area contributed by atoms with Gasteiger partial charge in [-0.25, -0.2) is 26.4 Å². The van der Waals surface area contributed by atoms with Gasteiger partial charge >= 0.3 is 0 Å². The third-order valence-electron chi connectivity index (χ3n) is 4.40. The van der Waals surface area contributed by atoms with Crippen molar-refractivity contribution in [3.63, 3.8) is 0 Å². The van der Waals surface area contributed by atoms with Gasteiger partial charge in [0.2, 0.25) is 10.0 Å². The van der Waals surface area contributed by atoms with E-state index >= 15 is 0 Å². The van der Waals surface area contributed by atoms with Crippen LogP contribution in [-0.2, 0) is 24.8 Å². The molecule has 11 heteroatoms. The smallest absolute Gasteiger partial charge is 0.261 e. The largest absolute Gasteiger partial charge is 0.372 e. The van der Waals surface area contributed by atoms with Crippen LogP contribution >= 0.6 is 0 Å². The van der Waals surface area contributed by atoms with Crippen LogP contribution in [0.4, 0.5) is 15.8 Å². The summed E-state index contributed by atoms with van der Waals surface area (Å²) in [5, 5.41) is 5.04. The van der Waals surface area contributed by atoms with Crippen molar-refractivity contribution in [2.24, 2.45) is 5.14 Å². The monoisotopic (exact) mass is 443 g/mol. The Labute approximate surface area is 169 Å². The van der Waals surface area contributed by atoms with E-state index in [0.29, 0.717) is 18.8 Å². The molecule has 2 aromatic rings. The van der Waals surface area contributed by atoms with Crippen LogP contribution in [0.1, 0.15) is 13.8 Å². The summed E-state index contributed by atoms with van der Waals surface area (Å²) in [4.78, 5) is 1.21. The average Bonchev–Trinajstić information content (AvgIpc) is 2.60. The number of sulfonamides is 2. The van der Waals surface area contributed by atoms with Gasteiger partial charge in [-0.15, -0.1) is 0 Å². The van der Waals surface area contributed by atoms with E-state index in [4.69, 9.17) is 9.88 Å². The molecule has 0 saturated carbocycles. The number of morpholine rings is 1. The first-order valence-corrected chi connectivity index (χ1v) is 11.8. The fourth-order valence-corrected chi connectivity index (χ4v) is 4.96. The van der Waals surface area contributed by atoms with Crippen LogP contribution in [0.2, 0.25) is 0 Å². The second-order valence-corrected chi connectivity index (χ2v) is 10.2. The minimum atomic E-state index is -4.14. The van der Waals surface area contributed by atoms with Crippen molar-refractivity contribution in [1.82, 2.24) is 0 Å². The summed E-state index contributed by atoms with van der Waals surface area (Å²) in [7, 11) is -8.20. The predicted octanol–water partition coefficient (Wildman–Crippen LogP) is 1.89. The molecule has 0 spiro atoms. The SMILES string of the molecule is C[C@H]1CN(c2ccc(NS(=O)(=O)c3cccc(S(N)(=O)=O)c3)cc2F)C[C@H](C)O1. The number of halogens is 1. The molecule has 0 amide bonds. The van der Waals surface area contributed by atoms with Crippen molar-refractivity contribution in [3.05, 3.63) is 48.3 Å². The molecule has 1 aliphatic heterocycles. The third-order valence-corrected chi connectivity index (χ3v) is 6.69. The molecule has 0 unspecified atom stereocenters. The van der Waals surface area contributed by atoms with Crippen molar-refractivity contribution in [2.75, 3.05) is 22.7 Å². The second kappa shape index (κ2) is 7.90. The Morgan fingerprint density at radius 3 is 2.24 bits per heavy atom. The van der Waals surface area contributed by atoms with Crippen molar-refractivity contribution < 1.29 is 26.0 Å². The van der Waals surface area contributed by atoms with E-state index in [-0.39, 0.29) is 27.7 Å². The number of nitrogens with two attached hydrogens (primary N) is 1. The topological polar surface area (TPSA) is 119 Å². The number of hydrogen-bond acceptors (Lipinski definition) is 6. The number of hydrogen-bond donors (Lipinski definition) is 2. The van der Waals surface area contributed by atoms with Crippen LogP contribution in [0.5, 0.6) is 0 Å². The lowest BCUT2D eigenvalue weighted by Gasteiger charge is -2.37. The molecule has 0 aromatic heterocycles. The highest BCUT2D eigenvalue weighted by molar-refractivity contribution is 7.93. The summed E-state index contributed by atoms with van der Waals surface area (Å²) >= 11 is 0. The molecule has 8 nitrogen and oxygen atoms in total. The van der Waals surface area contributed by atoms with Gasteiger partial charge < -0.3 is 9.64 Å². The lowest BCUT2D eigenvalue weighted by Crippen LogP contribution is -2.45. The molecule has 29 heavy (non-hydrogen) atoms. The van der Waals surface area contributed by atoms with Crippen molar-refractivity contribution in [1.29, 1.82) is 0 Å². The zero-order valence-electron chi connectivity index (χ0n) is 15.9. The molecule has 3 rings (SSSR count). The minimum absolute atomic E-state index is 0.0154. The zero-order chi connectivity index (χ0) is 21.4. The summed E-state index contributed by atoms with van der Waals surface area (Å²) in [5.41, 5.74) is 0.368. The quantitative estimate of drug-likeness (QED) is 0.728. The Morgan fingerprint density at radius 1 is 1.03 bits per heavy atom. The van der Waals surface area contributed by atoms with Gasteiger partial charge in [-0.05, 0) is 44.2 Å². The van der Waals surface area contributed by atoms with Gasteiger partial charge in [0.1, 0.15) is 5.82 Å². The fraction of sp³-hybridized carbons (Fsp3) is 0.333. The van der Waals surface area contributed by atoms with Gasteiger partial charge in [-0.3, -0.25) is 4.72 Å². The zero-order valence-corrected chi connectivity index (χ0v) is 17.5. The molecular formula is C18H22FN3O5S2. The standard InChI is InChI=1S/C18H22FN3O5S2/c1-12-10-22(11-13(2)27-12)18-7-6-14(8-17(18)19)21-29(25,26)16-5-3-4-15(9-16)28(20,23)24/h3-9,12-13,21H,10-11H2,1-2H3,(H2,20,23,24)/t12-,13-/m0/s1. The Kier molecular flexibility index (Phi) is 5.86. The summed E-state index contributed by atoms with van der Waals surface area (Å²) in [6.07, 6.45) is -0.107. The van der Waals surface area contributed by atoms with E-state index in [2.05, 4.69) is 4.72 Å². The fourth-order valence-electron chi connectivity index (χ4n) is 3.23. The van der Waals surface area contributed by atoms with E-state index in [1.807, 2.05) is 18.7 Å². The molecular weight excluding hydrogens is 421 g/mol. The van der Waals surface area contributed by atoms with Gasteiger partial charge in [-0.1, -0.05) is 6.07 Å². The number of nitrogens with zero attached hydrogens (tertiary/aromatic N) is 1. The molecule has 1 fully saturated rings. The molecule has 158 valence electrons. The maximum absolute atomic E-state index is 14.7. The lowest BCUT2D eigenvalue weighted by atomic mass is 10.2. The number of nitrogens with one attached hydrogen (secondary N) is 1. The normalized spacial score (nSPS) is 20.5. The Balaban J connectivity index is 1.84. The summed E-state index contributed by atoms with van der Waals surface area (Å²) in [6, 6.07) is 8.65. The van der Waals surface area contributed by atoms with E-state index in [0.717, 1.165) is 12.1 Å². The second-order valence-electron chi connectivity index (χ2n) is 6.95. The Bertz CT molecular complexity index is 1110. The maximum Gasteiger partial charge on any atom is 0.261 e.